The molecule has 0 aromatic carbocycles. The van der Waals surface area contributed by atoms with Crippen LogP contribution in [-0.2, 0) is 4.79 Å². The summed E-state index contributed by atoms with van der Waals surface area (Å²) < 4.78 is 0. The summed E-state index contributed by atoms with van der Waals surface area (Å²) >= 11 is 0. The zero-order valence-corrected chi connectivity index (χ0v) is 6.79. The SMILES string of the molecule is CCC(=O)O.CCC(C)O. The van der Waals surface area contributed by atoms with E-state index in [0.717, 1.165) is 6.42 Å². The Balaban J connectivity index is 0. The molecule has 3 nitrogen and oxygen atoms in total. The third-order valence-corrected chi connectivity index (χ3v) is 0.893. The van der Waals surface area contributed by atoms with Gasteiger partial charge in [0.05, 0.1) is 6.10 Å². The first kappa shape index (κ1) is 12.1. The number of carbonyl (C=O) groups is 1. The number of carboxylic acids is 1. The van der Waals surface area contributed by atoms with Crippen molar-refractivity contribution < 1.29 is 15.0 Å². The highest BCUT2D eigenvalue weighted by molar-refractivity contribution is 5.66. The Labute approximate surface area is 61.7 Å². The van der Waals surface area contributed by atoms with E-state index < -0.39 is 5.97 Å². The van der Waals surface area contributed by atoms with E-state index in [2.05, 4.69) is 0 Å². The van der Waals surface area contributed by atoms with Crippen molar-refractivity contribution in [3.8, 4) is 0 Å². The summed E-state index contributed by atoms with van der Waals surface area (Å²) in [5, 5.41) is 16.1. The highest BCUT2D eigenvalue weighted by atomic mass is 16.4. The number of hydrogen-bond acceptors (Lipinski definition) is 2. The maximum Gasteiger partial charge on any atom is 0.303 e. The quantitative estimate of drug-likeness (QED) is 0.619. The zero-order chi connectivity index (χ0) is 8.57. The third kappa shape index (κ3) is 26.1. The van der Waals surface area contributed by atoms with Crippen LogP contribution in [0.5, 0.6) is 0 Å². The minimum Gasteiger partial charge on any atom is -0.481 e. The van der Waals surface area contributed by atoms with Crippen molar-refractivity contribution in [3.63, 3.8) is 0 Å². The van der Waals surface area contributed by atoms with Gasteiger partial charge in [0.1, 0.15) is 0 Å². The largest absolute Gasteiger partial charge is 0.481 e. The van der Waals surface area contributed by atoms with Gasteiger partial charge in [0.25, 0.3) is 0 Å². The van der Waals surface area contributed by atoms with Crippen LogP contribution < -0.4 is 0 Å². The van der Waals surface area contributed by atoms with Crippen LogP contribution in [0.1, 0.15) is 33.6 Å². The van der Waals surface area contributed by atoms with Gasteiger partial charge in [-0.25, -0.2) is 0 Å². The average molecular weight is 148 g/mol. The Kier molecular flexibility index (Phi) is 10.2. The van der Waals surface area contributed by atoms with Gasteiger partial charge < -0.3 is 10.2 Å². The molecule has 0 aliphatic rings. The van der Waals surface area contributed by atoms with Gasteiger partial charge in [-0.05, 0) is 13.3 Å². The number of aliphatic hydroxyl groups excluding tert-OH is 1. The molecular formula is C7H16O3. The number of aliphatic hydroxyl groups is 1. The highest BCUT2D eigenvalue weighted by Crippen LogP contribution is 1.81. The van der Waals surface area contributed by atoms with Crippen LogP contribution in [0, 0.1) is 0 Å². The molecule has 0 amide bonds. The summed E-state index contributed by atoms with van der Waals surface area (Å²) in [5.74, 6) is -0.745. The molecule has 0 spiro atoms. The van der Waals surface area contributed by atoms with Crippen molar-refractivity contribution in [1.29, 1.82) is 0 Å². The van der Waals surface area contributed by atoms with E-state index in [1.807, 2.05) is 6.92 Å². The fourth-order valence-corrected chi connectivity index (χ4v) is 0. The number of carboxylic acid groups (broad SMARTS) is 1. The number of rotatable bonds is 2. The molecule has 0 saturated heterocycles. The van der Waals surface area contributed by atoms with Crippen LogP contribution in [0.25, 0.3) is 0 Å². The molecule has 0 rings (SSSR count). The van der Waals surface area contributed by atoms with E-state index in [1.54, 1.807) is 13.8 Å². The molecule has 0 aliphatic carbocycles. The third-order valence-electron chi connectivity index (χ3n) is 0.893. The molecule has 0 aliphatic heterocycles. The van der Waals surface area contributed by atoms with Crippen molar-refractivity contribution in [3.05, 3.63) is 0 Å². The van der Waals surface area contributed by atoms with Gasteiger partial charge in [-0.1, -0.05) is 13.8 Å². The standard InChI is InChI=1S/C4H10O.C3H6O2/c1-3-4(2)5;1-2-3(4)5/h4-5H,3H2,1-2H3;2H2,1H3,(H,4,5). The van der Waals surface area contributed by atoms with E-state index >= 15 is 0 Å². The minimum atomic E-state index is -0.745. The summed E-state index contributed by atoms with van der Waals surface area (Å²) in [6, 6.07) is 0. The lowest BCUT2D eigenvalue weighted by molar-refractivity contribution is -0.136. The summed E-state index contributed by atoms with van der Waals surface area (Å²) in [6.07, 6.45) is 0.968. The van der Waals surface area contributed by atoms with E-state index in [0.29, 0.717) is 0 Å². The van der Waals surface area contributed by atoms with Gasteiger partial charge in [0.2, 0.25) is 0 Å². The van der Waals surface area contributed by atoms with Crippen LogP contribution >= 0.6 is 0 Å². The average Bonchev–Trinajstić information content (AvgIpc) is 1.89. The normalized spacial score (nSPS) is 11.2. The molecule has 1 atom stereocenters. The molecule has 0 fully saturated rings. The van der Waals surface area contributed by atoms with Crippen molar-refractivity contribution >= 4 is 5.97 Å². The molecule has 62 valence electrons. The van der Waals surface area contributed by atoms with E-state index in [4.69, 9.17) is 10.2 Å². The fourth-order valence-electron chi connectivity index (χ4n) is 0. The Morgan fingerprint density at radius 3 is 1.70 bits per heavy atom. The van der Waals surface area contributed by atoms with Crippen molar-refractivity contribution in [2.45, 2.75) is 39.7 Å². The van der Waals surface area contributed by atoms with Crippen molar-refractivity contribution in [1.82, 2.24) is 0 Å². The first-order valence-electron chi connectivity index (χ1n) is 3.44. The number of aliphatic carboxylic acids is 1. The molecule has 1 unspecified atom stereocenters. The molecule has 0 saturated carbocycles. The van der Waals surface area contributed by atoms with Gasteiger partial charge >= 0.3 is 5.97 Å². The van der Waals surface area contributed by atoms with Crippen molar-refractivity contribution in [2.24, 2.45) is 0 Å². The van der Waals surface area contributed by atoms with Gasteiger partial charge in [-0.3, -0.25) is 4.79 Å². The van der Waals surface area contributed by atoms with Crippen LogP contribution in [0.15, 0.2) is 0 Å². The molecule has 2 N–H and O–H groups in total. The Morgan fingerprint density at radius 1 is 1.50 bits per heavy atom. The summed E-state index contributed by atoms with van der Waals surface area (Å²) in [5.41, 5.74) is 0. The second kappa shape index (κ2) is 8.43. The van der Waals surface area contributed by atoms with E-state index in [1.165, 1.54) is 0 Å². The van der Waals surface area contributed by atoms with E-state index in [-0.39, 0.29) is 12.5 Å². The van der Waals surface area contributed by atoms with Gasteiger partial charge in [0.15, 0.2) is 0 Å². The predicted molar refractivity (Wildman–Crippen MR) is 39.9 cm³/mol. The van der Waals surface area contributed by atoms with Crippen LogP contribution in [0.3, 0.4) is 0 Å². The second-order valence-corrected chi connectivity index (χ2v) is 2.00. The van der Waals surface area contributed by atoms with Crippen LogP contribution in [-0.4, -0.2) is 22.3 Å². The molecule has 3 heteroatoms. The lowest BCUT2D eigenvalue weighted by Crippen LogP contribution is -1.93. The highest BCUT2D eigenvalue weighted by Gasteiger charge is 1.81. The summed E-state index contributed by atoms with van der Waals surface area (Å²) in [7, 11) is 0. The van der Waals surface area contributed by atoms with Crippen LogP contribution in [0.4, 0.5) is 0 Å². The van der Waals surface area contributed by atoms with Gasteiger partial charge in [-0.2, -0.15) is 0 Å². The first-order valence-corrected chi connectivity index (χ1v) is 3.44. The summed E-state index contributed by atoms with van der Waals surface area (Å²) in [4.78, 5) is 9.37. The molecular weight excluding hydrogens is 132 g/mol. The zero-order valence-electron chi connectivity index (χ0n) is 6.79. The molecule has 0 aromatic rings. The Morgan fingerprint density at radius 2 is 1.70 bits per heavy atom. The fraction of sp³-hybridized carbons (Fsp3) is 0.857. The first-order chi connectivity index (χ1) is 4.54. The molecule has 10 heavy (non-hydrogen) atoms. The van der Waals surface area contributed by atoms with Crippen LogP contribution in [0.2, 0.25) is 0 Å². The molecule has 0 heterocycles. The predicted octanol–water partition coefficient (Wildman–Crippen LogP) is 1.26. The monoisotopic (exact) mass is 148 g/mol. The lowest BCUT2D eigenvalue weighted by atomic mass is 10.3. The number of hydrogen-bond donors (Lipinski definition) is 2. The molecule has 0 aromatic heterocycles. The maximum absolute atomic E-state index is 9.37. The Hall–Kier alpha value is -0.570. The second-order valence-electron chi connectivity index (χ2n) is 2.00. The minimum absolute atomic E-state index is 0.116. The van der Waals surface area contributed by atoms with Gasteiger partial charge in [0, 0.05) is 6.42 Å². The lowest BCUT2D eigenvalue weighted by Gasteiger charge is -1.90. The smallest absolute Gasteiger partial charge is 0.303 e. The Bertz CT molecular complexity index is 78.9. The molecule has 0 radical (unpaired) electrons. The summed E-state index contributed by atoms with van der Waals surface area (Å²) in [6.45, 7) is 5.33. The topological polar surface area (TPSA) is 57.5 Å². The van der Waals surface area contributed by atoms with Crippen molar-refractivity contribution in [2.75, 3.05) is 0 Å². The van der Waals surface area contributed by atoms with Gasteiger partial charge in [-0.15, -0.1) is 0 Å². The maximum atomic E-state index is 9.37. The van der Waals surface area contributed by atoms with E-state index in [9.17, 15) is 4.79 Å². The molecule has 0 bridgehead atoms.